The molecule has 0 aromatic heterocycles. The Balaban J connectivity index is -0.0000000458. The first-order chi connectivity index (χ1) is 8.22. The fraction of sp³-hybridized carbons (Fsp3) is 0.933. The van der Waals surface area contributed by atoms with Crippen LogP contribution in [0.15, 0.2) is 0 Å². The predicted octanol–water partition coefficient (Wildman–Crippen LogP) is 2.93. The molecule has 0 rings (SSSR count). The average molecular weight is 310 g/mol. The van der Waals surface area contributed by atoms with Gasteiger partial charge in [-0.1, -0.05) is 20.8 Å². The van der Waals surface area contributed by atoms with E-state index in [1.165, 1.54) is 0 Å². The number of hydrogen-bond acceptors (Lipinski definition) is 3. The Kier molecular flexibility index (Phi) is 52.1. The van der Waals surface area contributed by atoms with Gasteiger partial charge in [-0.05, 0) is 61.9 Å². The first-order valence-corrected chi connectivity index (χ1v) is 6.91. The maximum atomic E-state index is 2.12. The minimum Gasteiger partial charge on any atom is -0.335 e. The van der Waals surface area contributed by atoms with E-state index in [0.717, 1.165) is 19.6 Å². The van der Waals surface area contributed by atoms with Gasteiger partial charge in [0, 0.05) is 0 Å². The van der Waals surface area contributed by atoms with Crippen LogP contribution in [-0.4, -0.2) is 76.6 Å². The van der Waals surface area contributed by atoms with Crippen molar-refractivity contribution in [1.29, 1.82) is 0 Å². The average Bonchev–Trinajstić information content (AvgIpc) is 2.31. The summed E-state index contributed by atoms with van der Waals surface area (Å²) in [5.74, 6) is 0. The Hall–Kier alpha value is 0.594. The molecule has 0 radical (unpaired) electrons. The first kappa shape index (κ1) is 31.8. The molecule has 0 aromatic carbocycles. The van der Waals surface area contributed by atoms with E-state index in [0.29, 0.717) is 0 Å². The summed E-state index contributed by atoms with van der Waals surface area (Å²) in [6.45, 7) is 13.8. The summed E-state index contributed by atoms with van der Waals surface area (Å²) >= 11 is 0. The van der Waals surface area contributed by atoms with E-state index >= 15 is 0 Å². The zero-order valence-electron chi connectivity index (χ0n) is 15.5. The van der Waals surface area contributed by atoms with Crippen LogP contribution in [0.25, 0.3) is 0 Å². The monoisotopic (exact) mass is 310 g/mol. The molecule has 0 aliphatic heterocycles. The zero-order chi connectivity index (χ0) is 15.6. The molecule has 0 fully saturated rings. The Morgan fingerprint density at radius 3 is 0.632 bits per heavy atom. The largest absolute Gasteiger partial charge is 4.00 e. The van der Waals surface area contributed by atoms with Crippen LogP contribution < -0.4 is 0 Å². The molecule has 0 unspecified atom stereocenters. The van der Waals surface area contributed by atoms with Crippen molar-refractivity contribution in [3.63, 3.8) is 0 Å². The van der Waals surface area contributed by atoms with E-state index in [1.807, 2.05) is 20.3 Å². The van der Waals surface area contributed by atoms with Crippen molar-refractivity contribution in [1.82, 2.24) is 14.7 Å². The van der Waals surface area contributed by atoms with Crippen LogP contribution >= 0.6 is 0 Å². The van der Waals surface area contributed by atoms with Crippen molar-refractivity contribution in [3.05, 3.63) is 6.42 Å². The Bertz CT molecular complexity index is 88.5. The zero-order valence-corrected chi connectivity index (χ0v) is 17.1. The maximum absolute atomic E-state index is 2.12. The molecule has 3 nitrogen and oxygen atoms in total. The van der Waals surface area contributed by atoms with Gasteiger partial charge in [0.25, 0.3) is 0 Å². The van der Waals surface area contributed by atoms with Gasteiger partial charge in [-0.25, -0.2) is 0 Å². The van der Waals surface area contributed by atoms with E-state index < -0.39 is 0 Å². The van der Waals surface area contributed by atoms with Crippen molar-refractivity contribution in [2.24, 2.45) is 0 Å². The topological polar surface area (TPSA) is 9.72 Å². The molecule has 0 aromatic rings. The van der Waals surface area contributed by atoms with Gasteiger partial charge in [0.05, 0.1) is 0 Å². The Labute approximate surface area is 139 Å². The van der Waals surface area contributed by atoms with Gasteiger partial charge >= 0.3 is 21.7 Å². The Morgan fingerprint density at radius 1 is 0.579 bits per heavy atom. The normalized spacial score (nSPS) is 8.53. The van der Waals surface area contributed by atoms with Crippen LogP contribution in [0.3, 0.4) is 0 Å². The second-order valence-corrected chi connectivity index (χ2v) is 4.77. The molecule has 0 bridgehead atoms. The second-order valence-electron chi connectivity index (χ2n) is 4.77. The third kappa shape index (κ3) is 118. The molecule has 0 atom stereocenters. The van der Waals surface area contributed by atoms with Crippen LogP contribution in [0, 0.1) is 6.42 Å². The van der Waals surface area contributed by atoms with Gasteiger partial charge in [-0.2, -0.15) is 13.8 Å². The molecule has 0 saturated heterocycles. The summed E-state index contributed by atoms with van der Waals surface area (Å²) in [5, 5.41) is 0. The van der Waals surface area contributed by atoms with E-state index in [4.69, 9.17) is 0 Å². The minimum absolute atomic E-state index is 0. The summed E-state index contributed by atoms with van der Waals surface area (Å²) in [6.07, 6.45) is 2.00. The van der Waals surface area contributed by atoms with E-state index in [-0.39, 0.29) is 21.7 Å². The van der Waals surface area contributed by atoms with Crippen molar-refractivity contribution in [3.8, 4) is 0 Å². The van der Waals surface area contributed by atoms with Crippen LogP contribution in [0.4, 0.5) is 0 Å². The molecule has 0 amide bonds. The summed E-state index contributed by atoms with van der Waals surface area (Å²) in [6, 6.07) is 0. The van der Waals surface area contributed by atoms with Gasteiger partial charge in [0.1, 0.15) is 0 Å². The molecule has 0 saturated carbocycles. The van der Waals surface area contributed by atoms with Crippen molar-refractivity contribution < 1.29 is 21.7 Å². The summed E-state index contributed by atoms with van der Waals surface area (Å²) < 4.78 is 0. The fourth-order valence-corrected chi connectivity index (χ4v) is 0. The molecular formula is C15H40N3Ti+3. The smallest absolute Gasteiger partial charge is 0.335 e. The quantitative estimate of drug-likeness (QED) is 0.586. The minimum atomic E-state index is 0. The van der Waals surface area contributed by atoms with Gasteiger partial charge in [0.2, 0.25) is 0 Å². The van der Waals surface area contributed by atoms with Gasteiger partial charge in [-0.15, -0.1) is 0 Å². The molecule has 0 spiro atoms. The van der Waals surface area contributed by atoms with E-state index in [1.54, 1.807) is 0 Å². The fourth-order valence-electron chi connectivity index (χ4n) is 0. The first-order valence-electron chi connectivity index (χ1n) is 6.91. The van der Waals surface area contributed by atoms with Crippen LogP contribution in [0.5, 0.6) is 0 Å². The van der Waals surface area contributed by atoms with E-state index in [9.17, 15) is 0 Å². The summed E-state index contributed by atoms with van der Waals surface area (Å²) in [5.41, 5.74) is 0. The maximum Gasteiger partial charge on any atom is 4.00 e. The molecule has 0 aliphatic rings. The van der Waals surface area contributed by atoms with Crippen LogP contribution in [-0.2, 0) is 21.7 Å². The number of rotatable bonds is 3. The van der Waals surface area contributed by atoms with Gasteiger partial charge in [-0.3, -0.25) is 0 Å². The molecular weight excluding hydrogens is 270 g/mol. The van der Waals surface area contributed by atoms with Crippen LogP contribution in [0.2, 0.25) is 0 Å². The van der Waals surface area contributed by atoms with Crippen LogP contribution in [0.1, 0.15) is 34.6 Å². The summed E-state index contributed by atoms with van der Waals surface area (Å²) in [4.78, 5) is 6.38. The van der Waals surface area contributed by atoms with Gasteiger partial charge in [0.15, 0.2) is 0 Å². The van der Waals surface area contributed by atoms with Crippen molar-refractivity contribution in [2.75, 3.05) is 61.9 Å². The Morgan fingerprint density at radius 2 is 0.632 bits per heavy atom. The SMILES string of the molecule is CCN(C)C.CCN(C)C.CCN(C)C.C[CH-]C.[Ti+4]. The molecule has 19 heavy (non-hydrogen) atoms. The standard InChI is InChI=1S/3C4H11N.C3H7.Ti/c3*1-4-5(2)3;1-3-2;/h3*4H2,1-3H3;3H,1-2H3;/q;;;-1;+4. The molecule has 0 aliphatic carbocycles. The van der Waals surface area contributed by atoms with Gasteiger partial charge < -0.3 is 21.1 Å². The van der Waals surface area contributed by atoms with E-state index in [2.05, 4.69) is 77.8 Å². The van der Waals surface area contributed by atoms with Crippen molar-refractivity contribution >= 4 is 0 Å². The van der Waals surface area contributed by atoms with Crippen molar-refractivity contribution in [2.45, 2.75) is 34.6 Å². The predicted molar refractivity (Wildman–Crippen MR) is 88.3 cm³/mol. The second kappa shape index (κ2) is 31.1. The number of nitrogens with zero attached hydrogens (tertiary/aromatic N) is 3. The molecule has 116 valence electrons. The molecule has 0 N–H and O–H groups in total. The third-order valence-corrected chi connectivity index (χ3v) is 1.90. The number of hydrogen-bond donors (Lipinski definition) is 0. The summed E-state index contributed by atoms with van der Waals surface area (Å²) in [7, 11) is 12.3. The molecule has 0 heterocycles. The molecule has 4 heteroatoms. The third-order valence-electron chi connectivity index (χ3n) is 1.90.